The average molecular weight is 261 g/mol. The minimum Gasteiger partial charge on any atom is -0.326 e. The largest absolute Gasteiger partial charge is 0.326 e. The number of rotatable bonds is 5. The van der Waals surface area contributed by atoms with E-state index in [9.17, 15) is 4.79 Å². The lowest BCUT2D eigenvalue weighted by Crippen LogP contribution is -2.48. The SMILES string of the molecule is CC(C(=O)Nc1cccc(CN(C)C)c1)C1CNC1. The van der Waals surface area contributed by atoms with E-state index in [1.54, 1.807) is 0 Å². The lowest BCUT2D eigenvalue weighted by atomic mass is 9.88. The van der Waals surface area contributed by atoms with Crippen molar-refractivity contribution in [1.82, 2.24) is 10.2 Å². The number of carbonyl (C=O) groups is 1. The molecule has 0 saturated carbocycles. The molecule has 2 N–H and O–H groups in total. The topological polar surface area (TPSA) is 44.4 Å². The zero-order valence-electron chi connectivity index (χ0n) is 11.9. The summed E-state index contributed by atoms with van der Waals surface area (Å²) < 4.78 is 0. The average Bonchev–Trinajstić information content (AvgIpc) is 2.26. The van der Waals surface area contributed by atoms with Crippen molar-refractivity contribution in [3.8, 4) is 0 Å². The maximum atomic E-state index is 12.1. The smallest absolute Gasteiger partial charge is 0.227 e. The highest BCUT2D eigenvalue weighted by Crippen LogP contribution is 2.19. The Kier molecular flexibility index (Phi) is 4.56. The van der Waals surface area contributed by atoms with Crippen LogP contribution in [0.15, 0.2) is 24.3 Å². The van der Waals surface area contributed by atoms with E-state index in [4.69, 9.17) is 0 Å². The van der Waals surface area contributed by atoms with Crippen molar-refractivity contribution in [2.24, 2.45) is 11.8 Å². The van der Waals surface area contributed by atoms with Crippen LogP contribution in [-0.2, 0) is 11.3 Å². The van der Waals surface area contributed by atoms with Gasteiger partial charge in [0.1, 0.15) is 0 Å². The van der Waals surface area contributed by atoms with Gasteiger partial charge in [0.15, 0.2) is 0 Å². The van der Waals surface area contributed by atoms with Gasteiger partial charge in [0.25, 0.3) is 0 Å². The zero-order chi connectivity index (χ0) is 13.8. The van der Waals surface area contributed by atoms with Gasteiger partial charge in [0.2, 0.25) is 5.91 Å². The number of nitrogens with zero attached hydrogens (tertiary/aromatic N) is 1. The van der Waals surface area contributed by atoms with Crippen LogP contribution in [0.25, 0.3) is 0 Å². The first-order chi connectivity index (χ1) is 9.06. The van der Waals surface area contributed by atoms with E-state index in [0.29, 0.717) is 5.92 Å². The third kappa shape index (κ3) is 3.78. The summed E-state index contributed by atoms with van der Waals surface area (Å²) in [6, 6.07) is 8.06. The number of hydrogen-bond donors (Lipinski definition) is 2. The predicted molar refractivity (Wildman–Crippen MR) is 78.0 cm³/mol. The highest BCUT2D eigenvalue weighted by atomic mass is 16.1. The lowest BCUT2D eigenvalue weighted by Gasteiger charge is -2.31. The van der Waals surface area contributed by atoms with Crippen LogP contribution < -0.4 is 10.6 Å². The van der Waals surface area contributed by atoms with Gasteiger partial charge < -0.3 is 15.5 Å². The molecular formula is C15H23N3O. The Morgan fingerprint density at radius 2 is 2.21 bits per heavy atom. The van der Waals surface area contributed by atoms with E-state index in [2.05, 4.69) is 21.6 Å². The summed E-state index contributed by atoms with van der Waals surface area (Å²) in [6.45, 7) is 4.79. The van der Waals surface area contributed by atoms with Gasteiger partial charge in [0, 0.05) is 18.2 Å². The standard InChI is InChI=1S/C15H23N3O/c1-11(13-8-16-9-13)15(19)17-14-6-4-5-12(7-14)10-18(2)3/h4-7,11,13,16H,8-10H2,1-3H3,(H,17,19). The number of carbonyl (C=O) groups excluding carboxylic acids is 1. The van der Waals surface area contributed by atoms with Crippen LogP contribution in [0.2, 0.25) is 0 Å². The third-order valence-electron chi connectivity index (χ3n) is 3.63. The molecule has 1 atom stereocenters. The number of amides is 1. The van der Waals surface area contributed by atoms with Gasteiger partial charge in [-0.3, -0.25) is 4.79 Å². The van der Waals surface area contributed by atoms with Crippen LogP contribution in [0, 0.1) is 11.8 Å². The van der Waals surface area contributed by atoms with Crippen LogP contribution >= 0.6 is 0 Å². The Hall–Kier alpha value is -1.39. The van der Waals surface area contributed by atoms with Crippen molar-refractivity contribution in [1.29, 1.82) is 0 Å². The molecule has 0 spiro atoms. The second-order valence-corrected chi connectivity index (χ2v) is 5.63. The van der Waals surface area contributed by atoms with Crippen molar-refractivity contribution in [2.75, 3.05) is 32.5 Å². The number of benzene rings is 1. The molecule has 1 aromatic rings. The van der Waals surface area contributed by atoms with Gasteiger partial charge in [-0.15, -0.1) is 0 Å². The third-order valence-corrected chi connectivity index (χ3v) is 3.63. The molecule has 0 bridgehead atoms. The number of hydrogen-bond acceptors (Lipinski definition) is 3. The van der Waals surface area contributed by atoms with Crippen molar-refractivity contribution in [3.63, 3.8) is 0 Å². The monoisotopic (exact) mass is 261 g/mol. The number of anilines is 1. The van der Waals surface area contributed by atoms with Crippen LogP contribution in [0.4, 0.5) is 5.69 Å². The van der Waals surface area contributed by atoms with Gasteiger partial charge in [-0.1, -0.05) is 19.1 Å². The molecule has 1 unspecified atom stereocenters. The van der Waals surface area contributed by atoms with E-state index in [1.807, 2.05) is 39.2 Å². The van der Waals surface area contributed by atoms with E-state index >= 15 is 0 Å². The van der Waals surface area contributed by atoms with Gasteiger partial charge >= 0.3 is 0 Å². The fraction of sp³-hybridized carbons (Fsp3) is 0.533. The van der Waals surface area contributed by atoms with Crippen molar-refractivity contribution in [2.45, 2.75) is 13.5 Å². The van der Waals surface area contributed by atoms with Gasteiger partial charge in [-0.25, -0.2) is 0 Å². The molecule has 1 fully saturated rings. The molecule has 1 heterocycles. The summed E-state index contributed by atoms with van der Waals surface area (Å²) in [5, 5.41) is 6.23. The Morgan fingerprint density at radius 1 is 1.47 bits per heavy atom. The normalized spacial score (nSPS) is 17.1. The van der Waals surface area contributed by atoms with Crippen molar-refractivity contribution >= 4 is 11.6 Å². The quantitative estimate of drug-likeness (QED) is 0.845. The van der Waals surface area contributed by atoms with Gasteiger partial charge in [0.05, 0.1) is 0 Å². The first-order valence-electron chi connectivity index (χ1n) is 6.81. The van der Waals surface area contributed by atoms with Crippen LogP contribution in [0.3, 0.4) is 0 Å². The fourth-order valence-electron chi connectivity index (χ4n) is 2.25. The van der Waals surface area contributed by atoms with E-state index in [0.717, 1.165) is 25.3 Å². The molecule has 2 rings (SSSR count). The molecular weight excluding hydrogens is 238 g/mol. The molecule has 1 aliphatic rings. The highest BCUT2D eigenvalue weighted by molar-refractivity contribution is 5.92. The maximum Gasteiger partial charge on any atom is 0.227 e. The number of nitrogens with one attached hydrogen (secondary N) is 2. The summed E-state index contributed by atoms with van der Waals surface area (Å²) in [6.07, 6.45) is 0. The molecule has 19 heavy (non-hydrogen) atoms. The molecule has 0 aromatic heterocycles. The molecule has 1 aromatic carbocycles. The van der Waals surface area contributed by atoms with Gasteiger partial charge in [-0.05, 0) is 50.8 Å². The summed E-state index contributed by atoms with van der Waals surface area (Å²) in [5.74, 6) is 0.664. The summed E-state index contributed by atoms with van der Waals surface area (Å²) >= 11 is 0. The molecule has 4 heteroatoms. The van der Waals surface area contributed by atoms with Crippen molar-refractivity contribution in [3.05, 3.63) is 29.8 Å². The maximum absolute atomic E-state index is 12.1. The highest BCUT2D eigenvalue weighted by Gasteiger charge is 2.28. The van der Waals surface area contributed by atoms with E-state index in [1.165, 1.54) is 5.56 Å². The first kappa shape index (κ1) is 14.0. The molecule has 104 valence electrons. The summed E-state index contributed by atoms with van der Waals surface area (Å²) in [4.78, 5) is 14.2. The zero-order valence-corrected chi connectivity index (χ0v) is 11.9. The van der Waals surface area contributed by atoms with Crippen molar-refractivity contribution < 1.29 is 4.79 Å². The Morgan fingerprint density at radius 3 is 2.79 bits per heavy atom. The Bertz CT molecular complexity index is 441. The molecule has 1 aliphatic heterocycles. The Labute approximate surface area is 115 Å². The van der Waals surface area contributed by atoms with Gasteiger partial charge in [-0.2, -0.15) is 0 Å². The van der Waals surface area contributed by atoms with Crippen LogP contribution in [0.5, 0.6) is 0 Å². The fourth-order valence-corrected chi connectivity index (χ4v) is 2.25. The second-order valence-electron chi connectivity index (χ2n) is 5.63. The summed E-state index contributed by atoms with van der Waals surface area (Å²) in [7, 11) is 4.08. The molecule has 4 nitrogen and oxygen atoms in total. The minimum absolute atomic E-state index is 0.0683. The molecule has 1 saturated heterocycles. The summed E-state index contributed by atoms with van der Waals surface area (Å²) in [5.41, 5.74) is 2.10. The van der Waals surface area contributed by atoms with E-state index < -0.39 is 0 Å². The molecule has 1 amide bonds. The first-order valence-corrected chi connectivity index (χ1v) is 6.81. The van der Waals surface area contributed by atoms with Crippen LogP contribution in [-0.4, -0.2) is 38.0 Å². The molecule has 0 radical (unpaired) electrons. The lowest BCUT2D eigenvalue weighted by molar-refractivity contribution is -0.121. The molecule has 0 aliphatic carbocycles. The minimum atomic E-state index is 0.0683. The Balaban J connectivity index is 1.96. The van der Waals surface area contributed by atoms with Crippen LogP contribution in [0.1, 0.15) is 12.5 Å². The van der Waals surface area contributed by atoms with E-state index in [-0.39, 0.29) is 11.8 Å². The predicted octanol–water partition coefficient (Wildman–Crippen LogP) is 1.54. The second kappa shape index (κ2) is 6.17.